The van der Waals surface area contributed by atoms with E-state index >= 15 is 0 Å². The van der Waals surface area contributed by atoms with Crippen molar-refractivity contribution in [3.05, 3.63) is 88.7 Å². The lowest BCUT2D eigenvalue weighted by Gasteiger charge is -2.12. The summed E-state index contributed by atoms with van der Waals surface area (Å²) in [7, 11) is 1.47. The zero-order chi connectivity index (χ0) is 22.4. The number of benzene rings is 3. The van der Waals surface area contributed by atoms with Gasteiger partial charge in [-0.2, -0.15) is 0 Å². The number of ether oxygens (including phenoxy) is 1. The topological polar surface area (TPSA) is 79.5 Å². The van der Waals surface area contributed by atoms with Gasteiger partial charge in [-0.15, -0.1) is 0 Å². The van der Waals surface area contributed by atoms with Crippen LogP contribution in [-0.4, -0.2) is 24.0 Å². The molecule has 0 aliphatic rings. The Bertz CT molecular complexity index is 1160. The van der Waals surface area contributed by atoms with E-state index in [9.17, 15) is 14.0 Å². The molecule has 0 aliphatic carbocycles. The van der Waals surface area contributed by atoms with Crippen LogP contribution < -0.4 is 20.7 Å². The second kappa shape index (κ2) is 10.0. The highest BCUT2D eigenvalue weighted by atomic mass is 35.5. The van der Waals surface area contributed by atoms with Crippen LogP contribution in [0.25, 0.3) is 0 Å². The summed E-state index contributed by atoms with van der Waals surface area (Å²) in [6.07, 6.45) is 0. The molecule has 31 heavy (non-hydrogen) atoms. The first-order valence-corrected chi connectivity index (χ1v) is 9.78. The first kappa shape index (κ1) is 22.2. The maximum atomic E-state index is 13.3. The second-order valence-electron chi connectivity index (χ2n) is 6.27. The largest absolute Gasteiger partial charge is 0.496 e. The molecule has 0 saturated heterocycles. The number of rotatable bonds is 5. The van der Waals surface area contributed by atoms with Crippen LogP contribution in [0.4, 0.5) is 15.8 Å². The number of nitrogens with one attached hydrogen (secondary N) is 3. The van der Waals surface area contributed by atoms with Gasteiger partial charge in [-0.05, 0) is 60.7 Å². The molecule has 158 valence electrons. The fourth-order valence-electron chi connectivity index (χ4n) is 2.68. The summed E-state index contributed by atoms with van der Waals surface area (Å²) in [5.41, 5.74) is 1.51. The Morgan fingerprint density at radius 3 is 2.42 bits per heavy atom. The van der Waals surface area contributed by atoms with Gasteiger partial charge in [0.1, 0.15) is 11.6 Å². The molecule has 9 heteroatoms. The first-order chi connectivity index (χ1) is 14.9. The van der Waals surface area contributed by atoms with Gasteiger partial charge in [0.15, 0.2) is 5.11 Å². The van der Waals surface area contributed by atoms with Gasteiger partial charge in [0.05, 0.1) is 17.7 Å². The minimum atomic E-state index is -0.574. The molecule has 0 radical (unpaired) electrons. The number of methoxy groups -OCH3 is 1. The van der Waals surface area contributed by atoms with Gasteiger partial charge < -0.3 is 15.4 Å². The monoisotopic (exact) mass is 457 g/mol. The first-order valence-electron chi connectivity index (χ1n) is 8.99. The molecule has 3 N–H and O–H groups in total. The van der Waals surface area contributed by atoms with E-state index in [1.54, 1.807) is 48.5 Å². The zero-order valence-corrected chi connectivity index (χ0v) is 17.8. The average molecular weight is 458 g/mol. The van der Waals surface area contributed by atoms with Gasteiger partial charge in [0.2, 0.25) is 0 Å². The summed E-state index contributed by atoms with van der Waals surface area (Å²) in [4.78, 5) is 24.9. The van der Waals surface area contributed by atoms with Crippen molar-refractivity contribution in [3.63, 3.8) is 0 Å². The van der Waals surface area contributed by atoms with Crippen molar-refractivity contribution in [2.45, 2.75) is 0 Å². The molecular formula is C22H17ClFN3O3S. The van der Waals surface area contributed by atoms with Crippen LogP contribution in [0.5, 0.6) is 5.75 Å². The van der Waals surface area contributed by atoms with Crippen molar-refractivity contribution >= 4 is 52.1 Å². The Morgan fingerprint density at radius 1 is 0.935 bits per heavy atom. The third kappa shape index (κ3) is 5.78. The number of para-hydroxylation sites is 1. The lowest BCUT2D eigenvalue weighted by Crippen LogP contribution is -2.34. The highest BCUT2D eigenvalue weighted by Gasteiger charge is 2.14. The number of amides is 2. The summed E-state index contributed by atoms with van der Waals surface area (Å²) < 4.78 is 18.4. The number of carbonyl (C=O) groups is 2. The van der Waals surface area contributed by atoms with Crippen LogP contribution in [0.1, 0.15) is 20.7 Å². The number of hydrogen-bond donors (Lipinski definition) is 3. The van der Waals surface area contributed by atoms with Gasteiger partial charge in [-0.3, -0.25) is 14.9 Å². The smallest absolute Gasteiger partial charge is 0.261 e. The molecule has 0 bridgehead atoms. The molecule has 3 rings (SSSR count). The Hall–Kier alpha value is -3.49. The van der Waals surface area contributed by atoms with E-state index in [4.69, 9.17) is 28.6 Å². The van der Waals surface area contributed by atoms with Crippen molar-refractivity contribution < 1.29 is 18.7 Å². The van der Waals surface area contributed by atoms with E-state index in [1.165, 1.54) is 25.3 Å². The summed E-state index contributed by atoms with van der Waals surface area (Å²) in [5, 5.41) is 8.03. The predicted octanol–water partition coefficient (Wildman–Crippen LogP) is 4.87. The molecular weight excluding hydrogens is 441 g/mol. The van der Waals surface area contributed by atoms with Crippen molar-refractivity contribution in [2.75, 3.05) is 17.7 Å². The normalized spacial score (nSPS) is 10.2. The van der Waals surface area contributed by atoms with Crippen molar-refractivity contribution in [1.82, 2.24) is 5.32 Å². The van der Waals surface area contributed by atoms with Gasteiger partial charge in [-0.25, -0.2) is 4.39 Å². The zero-order valence-electron chi connectivity index (χ0n) is 16.2. The number of carbonyl (C=O) groups excluding carboxylic acids is 2. The Morgan fingerprint density at radius 2 is 1.68 bits per heavy atom. The van der Waals surface area contributed by atoms with Crippen LogP contribution in [-0.2, 0) is 0 Å². The third-order valence-corrected chi connectivity index (χ3v) is 4.63. The van der Waals surface area contributed by atoms with E-state index < -0.39 is 17.6 Å². The van der Waals surface area contributed by atoms with E-state index in [0.29, 0.717) is 28.3 Å². The molecule has 3 aromatic rings. The molecule has 2 amide bonds. The molecule has 0 aromatic heterocycles. The number of thiocarbonyl (C=S) groups is 1. The molecule has 3 aromatic carbocycles. The highest BCUT2D eigenvalue weighted by molar-refractivity contribution is 7.80. The summed E-state index contributed by atoms with van der Waals surface area (Å²) in [6, 6.07) is 17.1. The molecule has 0 fully saturated rings. The van der Waals surface area contributed by atoms with Gasteiger partial charge >= 0.3 is 0 Å². The van der Waals surface area contributed by atoms with Crippen LogP contribution in [0.15, 0.2) is 66.7 Å². The Balaban J connectivity index is 1.65. The maximum Gasteiger partial charge on any atom is 0.261 e. The number of hydrogen-bond acceptors (Lipinski definition) is 4. The van der Waals surface area contributed by atoms with Gasteiger partial charge in [0.25, 0.3) is 11.8 Å². The standard InChI is InChI=1S/C22H17ClFN3O3S/c1-30-19-8-3-2-7-16(19)21(29)27-22(31)26-14-6-4-5-13(11-14)20(28)25-15-9-10-18(24)17(23)12-15/h2-12H,1H3,(H,25,28)(H2,26,27,29,31). The van der Waals surface area contributed by atoms with Crippen molar-refractivity contribution in [3.8, 4) is 5.75 Å². The molecule has 0 saturated carbocycles. The van der Waals surface area contributed by atoms with Gasteiger partial charge in [-0.1, -0.05) is 29.8 Å². The summed E-state index contributed by atoms with van der Waals surface area (Å²) in [6.45, 7) is 0. The van der Waals surface area contributed by atoms with Gasteiger partial charge in [0, 0.05) is 16.9 Å². The summed E-state index contributed by atoms with van der Waals surface area (Å²) >= 11 is 10.9. The quantitative estimate of drug-likeness (QED) is 0.476. The molecule has 0 aliphatic heterocycles. The maximum absolute atomic E-state index is 13.3. The van der Waals surface area contributed by atoms with Crippen molar-refractivity contribution in [2.24, 2.45) is 0 Å². The van der Waals surface area contributed by atoms with Crippen LogP contribution >= 0.6 is 23.8 Å². The van der Waals surface area contributed by atoms with Crippen molar-refractivity contribution in [1.29, 1.82) is 0 Å². The fraction of sp³-hybridized carbons (Fsp3) is 0.0455. The highest BCUT2D eigenvalue weighted by Crippen LogP contribution is 2.21. The molecule has 0 atom stereocenters. The van der Waals surface area contributed by atoms with Crippen LogP contribution in [0.2, 0.25) is 5.02 Å². The molecule has 0 unspecified atom stereocenters. The number of anilines is 2. The van der Waals surface area contributed by atoms with E-state index in [1.807, 2.05) is 0 Å². The van der Waals surface area contributed by atoms with E-state index in [2.05, 4.69) is 16.0 Å². The molecule has 6 nitrogen and oxygen atoms in total. The second-order valence-corrected chi connectivity index (χ2v) is 7.09. The third-order valence-electron chi connectivity index (χ3n) is 4.14. The van der Waals surface area contributed by atoms with E-state index in [0.717, 1.165) is 0 Å². The summed E-state index contributed by atoms with van der Waals surface area (Å²) in [5.74, 6) is -1.01. The average Bonchev–Trinajstić information content (AvgIpc) is 2.76. The minimum Gasteiger partial charge on any atom is -0.496 e. The number of halogens is 2. The minimum absolute atomic E-state index is 0.0544. The Labute approximate surface area is 188 Å². The lowest BCUT2D eigenvalue weighted by atomic mass is 10.1. The SMILES string of the molecule is COc1ccccc1C(=O)NC(=S)Nc1cccc(C(=O)Nc2ccc(F)c(Cl)c2)c1. The fourth-order valence-corrected chi connectivity index (χ4v) is 3.07. The lowest BCUT2D eigenvalue weighted by molar-refractivity contribution is 0.0973. The predicted molar refractivity (Wildman–Crippen MR) is 122 cm³/mol. The van der Waals surface area contributed by atoms with E-state index in [-0.39, 0.29) is 10.1 Å². The molecule has 0 spiro atoms. The Kier molecular flexibility index (Phi) is 7.17. The van der Waals surface area contributed by atoms with Crippen LogP contribution in [0.3, 0.4) is 0 Å². The van der Waals surface area contributed by atoms with Crippen LogP contribution in [0, 0.1) is 5.82 Å². The molecule has 0 heterocycles.